The van der Waals surface area contributed by atoms with Gasteiger partial charge in [-0.05, 0) is 37.1 Å². The highest BCUT2D eigenvalue weighted by atomic mass is 32.1. The molecule has 32 heavy (non-hydrogen) atoms. The van der Waals surface area contributed by atoms with E-state index in [1.165, 1.54) is 6.07 Å². The molecule has 0 radical (unpaired) electrons. The van der Waals surface area contributed by atoms with E-state index < -0.39 is 18.6 Å². The topological polar surface area (TPSA) is 133 Å². The maximum absolute atomic E-state index is 14.3. The van der Waals surface area contributed by atoms with Crippen molar-refractivity contribution >= 4 is 23.1 Å². The van der Waals surface area contributed by atoms with Crippen LogP contribution in [-0.4, -0.2) is 62.1 Å². The van der Waals surface area contributed by atoms with Crippen LogP contribution < -0.4 is 10.6 Å². The molecule has 1 atom stereocenters. The van der Waals surface area contributed by atoms with Crippen molar-refractivity contribution in [2.45, 2.75) is 30.8 Å². The number of hydrogen-bond donors (Lipinski definition) is 4. The molecule has 11 heteroatoms. The van der Waals surface area contributed by atoms with Gasteiger partial charge >= 0.3 is 0 Å². The molecule has 0 aromatic carbocycles. The summed E-state index contributed by atoms with van der Waals surface area (Å²) < 4.78 is 14.3. The lowest BCUT2D eigenvalue weighted by atomic mass is 9.66. The third kappa shape index (κ3) is 4.74. The molecule has 1 aliphatic carbocycles. The Bertz CT molecular complexity index is 1070. The van der Waals surface area contributed by atoms with E-state index in [9.17, 15) is 14.3 Å². The summed E-state index contributed by atoms with van der Waals surface area (Å²) in [5.74, 6) is -0.167. The number of aliphatic hydroxyl groups excluding tert-OH is 2. The van der Waals surface area contributed by atoms with Crippen LogP contribution in [0.15, 0.2) is 35.8 Å². The van der Waals surface area contributed by atoms with Crippen LogP contribution in [0.25, 0.3) is 11.4 Å². The zero-order chi connectivity index (χ0) is 22.6. The molecule has 1 saturated carbocycles. The molecule has 0 aliphatic heterocycles. The van der Waals surface area contributed by atoms with Crippen LogP contribution in [0.5, 0.6) is 0 Å². The molecule has 1 aliphatic rings. The standard InChI is InChI=1S/C21H23FN6O3S/c22-14-3-1-8-23-18(14)21(6-2-7-21)12-25-17-5-4-15(27-28-17)16-11-32-20(26-16)19(31)24-9-13(30)10-29/h1,3-5,8,11,13,29-30H,2,6-7,9-10,12H2,(H,24,31)(H,25,28). The van der Waals surface area contributed by atoms with E-state index in [-0.39, 0.29) is 22.8 Å². The van der Waals surface area contributed by atoms with Gasteiger partial charge in [-0.15, -0.1) is 21.5 Å². The summed E-state index contributed by atoms with van der Waals surface area (Å²) in [6.07, 6.45) is 3.35. The van der Waals surface area contributed by atoms with Gasteiger partial charge in [0.15, 0.2) is 5.01 Å². The molecule has 3 aromatic rings. The van der Waals surface area contributed by atoms with Crippen LogP contribution in [0, 0.1) is 5.82 Å². The number of halogens is 1. The van der Waals surface area contributed by atoms with Crippen LogP contribution in [0.1, 0.15) is 34.8 Å². The normalized spacial score (nSPS) is 15.6. The third-order valence-corrected chi connectivity index (χ3v) is 6.35. The number of anilines is 1. The van der Waals surface area contributed by atoms with Crippen molar-refractivity contribution in [3.05, 3.63) is 52.4 Å². The van der Waals surface area contributed by atoms with Gasteiger partial charge in [0.25, 0.3) is 5.91 Å². The number of hydrogen-bond acceptors (Lipinski definition) is 9. The van der Waals surface area contributed by atoms with Gasteiger partial charge in [0.05, 0.1) is 18.4 Å². The van der Waals surface area contributed by atoms with Gasteiger partial charge in [-0.1, -0.05) is 6.42 Å². The van der Waals surface area contributed by atoms with Crippen molar-refractivity contribution in [3.8, 4) is 11.4 Å². The largest absolute Gasteiger partial charge is 0.394 e. The fourth-order valence-electron chi connectivity index (χ4n) is 3.55. The zero-order valence-electron chi connectivity index (χ0n) is 17.2. The summed E-state index contributed by atoms with van der Waals surface area (Å²) in [5.41, 5.74) is 1.17. The van der Waals surface area contributed by atoms with E-state index in [0.717, 1.165) is 30.6 Å². The number of pyridine rings is 1. The number of nitrogens with zero attached hydrogens (tertiary/aromatic N) is 4. The van der Waals surface area contributed by atoms with E-state index in [1.807, 2.05) is 0 Å². The second-order valence-corrected chi connectivity index (χ2v) is 8.57. The number of aliphatic hydroxyl groups is 2. The van der Waals surface area contributed by atoms with Gasteiger partial charge in [-0.25, -0.2) is 9.37 Å². The second-order valence-electron chi connectivity index (χ2n) is 7.71. The molecule has 0 saturated heterocycles. The number of nitrogens with one attached hydrogen (secondary N) is 2. The molecule has 168 valence electrons. The molecule has 3 aromatic heterocycles. The summed E-state index contributed by atoms with van der Waals surface area (Å²) in [6.45, 7) is 0.0152. The van der Waals surface area contributed by atoms with E-state index in [2.05, 4.69) is 30.8 Å². The average Bonchev–Trinajstić information content (AvgIpc) is 3.28. The summed E-state index contributed by atoms with van der Waals surface area (Å²) in [5, 5.41) is 34.2. The number of aromatic nitrogens is 4. The van der Waals surface area contributed by atoms with Crippen molar-refractivity contribution in [2.75, 3.05) is 25.0 Å². The van der Waals surface area contributed by atoms with Gasteiger partial charge in [0.1, 0.15) is 23.0 Å². The molecule has 3 heterocycles. The molecule has 4 rings (SSSR count). The Kier molecular flexibility index (Phi) is 6.68. The van der Waals surface area contributed by atoms with Gasteiger partial charge in [-0.3, -0.25) is 9.78 Å². The van der Waals surface area contributed by atoms with E-state index in [1.54, 1.807) is 29.8 Å². The fraction of sp³-hybridized carbons (Fsp3) is 0.381. The highest BCUT2D eigenvalue weighted by Gasteiger charge is 2.41. The summed E-state index contributed by atoms with van der Waals surface area (Å²) >= 11 is 1.15. The number of amides is 1. The molecule has 4 N–H and O–H groups in total. The second kappa shape index (κ2) is 9.63. The van der Waals surface area contributed by atoms with Crippen molar-refractivity contribution in [1.82, 2.24) is 25.5 Å². The maximum Gasteiger partial charge on any atom is 0.280 e. The molecule has 9 nitrogen and oxygen atoms in total. The quantitative estimate of drug-likeness (QED) is 0.381. The first-order chi connectivity index (χ1) is 15.5. The Labute approximate surface area is 187 Å². The van der Waals surface area contributed by atoms with Crippen molar-refractivity contribution in [2.24, 2.45) is 0 Å². The van der Waals surface area contributed by atoms with Crippen LogP contribution in [0.3, 0.4) is 0 Å². The number of carbonyl (C=O) groups excluding carboxylic acids is 1. The van der Waals surface area contributed by atoms with Crippen LogP contribution >= 0.6 is 11.3 Å². The first kappa shape index (κ1) is 22.2. The van der Waals surface area contributed by atoms with E-state index >= 15 is 0 Å². The number of carbonyl (C=O) groups is 1. The molecule has 1 fully saturated rings. The first-order valence-electron chi connectivity index (χ1n) is 10.2. The Balaban J connectivity index is 1.38. The SMILES string of the molecule is O=C(NCC(O)CO)c1nc(-c2ccc(NCC3(c4ncccc4F)CCC3)nn2)cs1. The minimum atomic E-state index is -1.02. The third-order valence-electron chi connectivity index (χ3n) is 5.51. The number of rotatable bonds is 9. The van der Waals surface area contributed by atoms with Gasteiger partial charge in [0, 0.05) is 30.1 Å². The predicted octanol–water partition coefficient (Wildman–Crippen LogP) is 1.75. The first-order valence-corrected chi connectivity index (χ1v) is 11.1. The summed E-state index contributed by atoms with van der Waals surface area (Å²) in [4.78, 5) is 20.6. The molecular weight excluding hydrogens is 435 g/mol. The number of thiazole rings is 1. The monoisotopic (exact) mass is 458 g/mol. The molecule has 1 unspecified atom stereocenters. The lowest BCUT2D eigenvalue weighted by Gasteiger charge is -2.41. The predicted molar refractivity (Wildman–Crippen MR) is 117 cm³/mol. The summed E-state index contributed by atoms with van der Waals surface area (Å²) in [7, 11) is 0. The average molecular weight is 459 g/mol. The highest BCUT2D eigenvalue weighted by molar-refractivity contribution is 7.12. The van der Waals surface area contributed by atoms with Crippen LogP contribution in [0.4, 0.5) is 10.2 Å². The fourth-order valence-corrected chi connectivity index (χ4v) is 4.27. The minimum Gasteiger partial charge on any atom is -0.394 e. The molecule has 0 spiro atoms. The maximum atomic E-state index is 14.3. The van der Waals surface area contributed by atoms with E-state index in [0.29, 0.717) is 29.4 Å². The zero-order valence-corrected chi connectivity index (χ0v) is 18.0. The van der Waals surface area contributed by atoms with Crippen molar-refractivity contribution in [1.29, 1.82) is 0 Å². The molecule has 0 bridgehead atoms. The summed E-state index contributed by atoms with van der Waals surface area (Å²) in [6, 6.07) is 6.54. The smallest absolute Gasteiger partial charge is 0.280 e. The molecule has 1 amide bonds. The van der Waals surface area contributed by atoms with Crippen molar-refractivity contribution < 1.29 is 19.4 Å². The van der Waals surface area contributed by atoms with E-state index in [4.69, 9.17) is 5.11 Å². The Morgan fingerprint density at radius 3 is 2.75 bits per heavy atom. The lowest BCUT2D eigenvalue weighted by Crippen LogP contribution is -2.42. The lowest BCUT2D eigenvalue weighted by molar-refractivity contribution is 0.0802. The van der Waals surface area contributed by atoms with Gasteiger partial charge in [-0.2, -0.15) is 0 Å². The van der Waals surface area contributed by atoms with Gasteiger partial charge < -0.3 is 20.8 Å². The van der Waals surface area contributed by atoms with Crippen LogP contribution in [-0.2, 0) is 5.41 Å². The molecular formula is C21H23FN6O3S. The minimum absolute atomic E-state index is 0.0612. The Morgan fingerprint density at radius 2 is 2.09 bits per heavy atom. The highest BCUT2D eigenvalue weighted by Crippen LogP contribution is 2.43. The Hall–Kier alpha value is -3.02. The van der Waals surface area contributed by atoms with Crippen molar-refractivity contribution in [3.63, 3.8) is 0 Å². The van der Waals surface area contributed by atoms with Gasteiger partial charge in [0.2, 0.25) is 0 Å². The Morgan fingerprint density at radius 1 is 1.25 bits per heavy atom. The van der Waals surface area contributed by atoms with Crippen LogP contribution in [0.2, 0.25) is 0 Å².